The number of benzene rings is 1. The molecule has 0 bridgehead atoms. The third kappa shape index (κ3) is 4.19. The van der Waals surface area contributed by atoms with Crippen LogP contribution >= 0.6 is 0 Å². The van der Waals surface area contributed by atoms with Gasteiger partial charge >= 0.3 is 0 Å². The van der Waals surface area contributed by atoms with Gasteiger partial charge in [0.05, 0.1) is 17.6 Å². The molecule has 1 saturated heterocycles. The van der Waals surface area contributed by atoms with E-state index in [1.807, 2.05) is 13.0 Å². The highest BCUT2D eigenvalue weighted by Crippen LogP contribution is 2.36. The van der Waals surface area contributed by atoms with Crippen molar-refractivity contribution < 1.29 is 13.3 Å². The lowest BCUT2D eigenvalue weighted by Crippen LogP contribution is -2.24. The van der Waals surface area contributed by atoms with Gasteiger partial charge in [-0.3, -0.25) is 0 Å². The van der Waals surface area contributed by atoms with Crippen molar-refractivity contribution in [3.63, 3.8) is 0 Å². The summed E-state index contributed by atoms with van der Waals surface area (Å²) in [6.45, 7) is 10.8. The summed E-state index contributed by atoms with van der Waals surface area (Å²) in [5.74, 6) is -0.0305. The van der Waals surface area contributed by atoms with Gasteiger partial charge in [0.2, 0.25) is 0 Å². The average Bonchev–Trinajstić information content (AvgIpc) is 3.22. The Balaban J connectivity index is 1.76. The van der Waals surface area contributed by atoms with E-state index in [1.165, 1.54) is 0 Å². The summed E-state index contributed by atoms with van der Waals surface area (Å²) in [5.41, 5.74) is 2.93. The molecule has 2 heterocycles. The van der Waals surface area contributed by atoms with Crippen LogP contribution in [0.1, 0.15) is 70.0 Å². The Labute approximate surface area is 169 Å². The minimum atomic E-state index is -1.03. The molecule has 1 N–H and O–H groups in total. The Morgan fingerprint density at radius 2 is 2.07 bits per heavy atom. The minimum Gasteiger partial charge on any atom is -0.381 e. The lowest BCUT2D eigenvalue weighted by molar-refractivity contribution is 0.193. The van der Waals surface area contributed by atoms with Crippen molar-refractivity contribution in [1.82, 2.24) is 9.29 Å². The number of aromatic nitrogens is 1. The Morgan fingerprint density at radius 1 is 1.32 bits per heavy atom. The zero-order chi connectivity index (χ0) is 20.1. The van der Waals surface area contributed by atoms with Crippen molar-refractivity contribution in [2.45, 2.75) is 70.7 Å². The van der Waals surface area contributed by atoms with E-state index in [9.17, 15) is 4.21 Å². The number of nitrogens with one attached hydrogen (secondary N) is 1. The Morgan fingerprint density at radius 3 is 2.68 bits per heavy atom. The van der Waals surface area contributed by atoms with Crippen LogP contribution in [0.3, 0.4) is 0 Å². The van der Waals surface area contributed by atoms with E-state index in [-0.39, 0.29) is 28.4 Å². The monoisotopic (exact) mass is 406 g/mol. The van der Waals surface area contributed by atoms with Gasteiger partial charge in [-0.25, -0.2) is 13.3 Å². The molecule has 3 unspecified atom stereocenters. The van der Waals surface area contributed by atoms with E-state index in [2.05, 4.69) is 36.3 Å². The van der Waals surface area contributed by atoms with Gasteiger partial charge in [0.25, 0.3) is 0 Å². The second-order valence-electron chi connectivity index (χ2n) is 9.56. The summed E-state index contributed by atoms with van der Waals surface area (Å²) in [5, 5.41) is 1.19. The van der Waals surface area contributed by atoms with E-state index in [4.69, 9.17) is 4.74 Å². The van der Waals surface area contributed by atoms with Crippen LogP contribution in [0.4, 0.5) is 4.39 Å². The van der Waals surface area contributed by atoms with Crippen LogP contribution in [0.25, 0.3) is 10.9 Å². The van der Waals surface area contributed by atoms with E-state index < -0.39 is 11.0 Å². The maximum absolute atomic E-state index is 15.0. The second kappa shape index (κ2) is 7.54. The molecule has 1 aliphatic carbocycles. The van der Waals surface area contributed by atoms with Crippen LogP contribution in [-0.4, -0.2) is 27.2 Å². The molecule has 4 rings (SSSR count). The summed E-state index contributed by atoms with van der Waals surface area (Å²) in [7, 11) is -1.03. The first-order chi connectivity index (χ1) is 13.2. The smallest absolute Gasteiger partial charge is 0.127 e. The first-order valence-electron chi connectivity index (χ1n) is 10.3. The highest BCUT2D eigenvalue weighted by atomic mass is 32.2. The summed E-state index contributed by atoms with van der Waals surface area (Å²) in [4.78, 5) is 0. The van der Waals surface area contributed by atoms with Crippen molar-refractivity contribution in [3.05, 3.63) is 35.3 Å². The number of halogens is 1. The quantitative estimate of drug-likeness (QED) is 0.748. The molecule has 6 heteroatoms. The zero-order valence-corrected chi connectivity index (χ0v) is 18.1. The highest BCUT2D eigenvalue weighted by molar-refractivity contribution is 7.84. The number of rotatable bonds is 6. The van der Waals surface area contributed by atoms with Crippen molar-refractivity contribution in [1.29, 1.82) is 0 Å². The minimum absolute atomic E-state index is 0.0924. The SMILES string of the molecule is CC(NS(=O)C1CC1)c1cn(CC(C)(C)C)c2cc(C3CCOC3)c(F)cc12. The first kappa shape index (κ1) is 20.0. The van der Waals surface area contributed by atoms with Gasteiger partial charge in [-0.15, -0.1) is 0 Å². The number of fused-ring (bicyclic) bond motifs is 1. The van der Waals surface area contributed by atoms with Crippen LogP contribution < -0.4 is 4.72 Å². The fourth-order valence-electron chi connectivity index (χ4n) is 4.05. The van der Waals surface area contributed by atoms with Gasteiger partial charge in [0.15, 0.2) is 0 Å². The van der Waals surface area contributed by atoms with Crippen molar-refractivity contribution in [2.24, 2.45) is 5.41 Å². The molecule has 1 aromatic carbocycles. The molecule has 2 aliphatic rings. The van der Waals surface area contributed by atoms with E-state index in [1.54, 1.807) is 6.07 Å². The van der Waals surface area contributed by atoms with Crippen LogP contribution in [-0.2, 0) is 22.3 Å². The summed E-state index contributed by atoms with van der Waals surface area (Å²) in [6.07, 6.45) is 5.04. The molecule has 0 amide bonds. The van der Waals surface area contributed by atoms with Crippen molar-refractivity contribution in [3.8, 4) is 0 Å². The van der Waals surface area contributed by atoms with Crippen LogP contribution in [0.2, 0.25) is 0 Å². The first-order valence-corrected chi connectivity index (χ1v) is 11.5. The molecule has 2 fully saturated rings. The van der Waals surface area contributed by atoms with E-state index in [0.717, 1.165) is 47.8 Å². The highest BCUT2D eigenvalue weighted by Gasteiger charge is 2.30. The molecule has 2 aromatic rings. The number of nitrogens with zero attached hydrogens (tertiary/aromatic N) is 1. The molecule has 1 saturated carbocycles. The third-order valence-electron chi connectivity index (χ3n) is 5.63. The van der Waals surface area contributed by atoms with Crippen molar-refractivity contribution in [2.75, 3.05) is 13.2 Å². The third-order valence-corrected chi connectivity index (χ3v) is 7.29. The normalized spacial score (nSPS) is 22.7. The second-order valence-corrected chi connectivity index (χ2v) is 11.1. The van der Waals surface area contributed by atoms with E-state index >= 15 is 4.39 Å². The molecular weight excluding hydrogens is 375 g/mol. The predicted molar refractivity (Wildman–Crippen MR) is 112 cm³/mol. The lowest BCUT2D eigenvalue weighted by atomic mass is 9.95. The van der Waals surface area contributed by atoms with Gasteiger partial charge in [-0.2, -0.15) is 0 Å². The van der Waals surface area contributed by atoms with E-state index in [0.29, 0.717) is 13.2 Å². The van der Waals surface area contributed by atoms with Gasteiger partial charge in [0.1, 0.15) is 5.82 Å². The summed E-state index contributed by atoms with van der Waals surface area (Å²) in [6, 6.07) is 3.60. The van der Waals surface area contributed by atoms with Gasteiger partial charge in [-0.1, -0.05) is 20.8 Å². The van der Waals surface area contributed by atoms with Crippen molar-refractivity contribution >= 4 is 21.9 Å². The standard InChI is InChI=1S/C22H31FN2O2S/c1-14(24-28(26)16-5-6-16)19-11-25(13-22(2,3)4)21-10-17(15-7-8-27-12-15)20(23)9-18(19)21/h9-11,14-16,24H,5-8,12-13H2,1-4H3. The Hall–Kier alpha value is -1.24. The molecule has 4 nitrogen and oxygen atoms in total. The van der Waals surface area contributed by atoms with Crippen LogP contribution in [0.15, 0.2) is 18.3 Å². The predicted octanol–water partition coefficient (Wildman–Crippen LogP) is 4.81. The summed E-state index contributed by atoms with van der Waals surface area (Å²) < 4.78 is 38.3. The lowest BCUT2D eigenvalue weighted by Gasteiger charge is -2.20. The fourth-order valence-corrected chi connectivity index (χ4v) is 5.28. The molecule has 154 valence electrons. The number of hydrogen-bond donors (Lipinski definition) is 1. The maximum Gasteiger partial charge on any atom is 0.127 e. The topological polar surface area (TPSA) is 43.3 Å². The average molecular weight is 407 g/mol. The molecular formula is C22H31FN2O2S. The summed E-state index contributed by atoms with van der Waals surface area (Å²) >= 11 is 0. The van der Waals surface area contributed by atoms with Gasteiger partial charge in [0, 0.05) is 47.5 Å². The molecule has 0 radical (unpaired) electrons. The number of ether oxygens (including phenoxy) is 1. The molecule has 3 atom stereocenters. The molecule has 1 aliphatic heterocycles. The van der Waals surface area contributed by atoms with Crippen LogP contribution in [0.5, 0.6) is 0 Å². The van der Waals surface area contributed by atoms with Gasteiger partial charge < -0.3 is 9.30 Å². The molecule has 28 heavy (non-hydrogen) atoms. The Bertz CT molecular complexity index is 892. The maximum atomic E-state index is 15.0. The largest absolute Gasteiger partial charge is 0.381 e. The fraction of sp³-hybridized carbons (Fsp3) is 0.636. The number of hydrogen-bond acceptors (Lipinski definition) is 2. The Kier molecular flexibility index (Phi) is 5.40. The zero-order valence-electron chi connectivity index (χ0n) is 17.3. The molecule has 1 aromatic heterocycles. The van der Waals surface area contributed by atoms with Gasteiger partial charge in [-0.05, 0) is 54.9 Å². The van der Waals surface area contributed by atoms with Crippen LogP contribution in [0, 0.1) is 11.2 Å². The molecule has 0 spiro atoms.